The number of nitrogens with one attached hydrogen (secondary N) is 2. The van der Waals surface area contributed by atoms with E-state index in [2.05, 4.69) is 50.6 Å². The maximum atomic E-state index is 12.5. The average molecular weight is 337 g/mol. The van der Waals surface area contributed by atoms with Crippen LogP contribution in [-0.4, -0.2) is 31.3 Å². The molecule has 120 valence electrons. The molecule has 4 rings (SSSR count). The number of carbonyl (C=O) groups excluding carboxylic acids is 1. The second-order valence-electron chi connectivity index (χ2n) is 5.63. The first-order valence-electron chi connectivity index (χ1n) is 7.60. The second-order valence-corrected chi connectivity index (χ2v) is 6.88. The minimum absolute atomic E-state index is 0.0829. The molecule has 7 heteroatoms. The fourth-order valence-corrected chi connectivity index (χ4v) is 3.90. The van der Waals surface area contributed by atoms with E-state index in [1.165, 1.54) is 16.0 Å². The van der Waals surface area contributed by atoms with E-state index in [1.54, 1.807) is 18.0 Å². The minimum atomic E-state index is -0.154. The van der Waals surface area contributed by atoms with Gasteiger partial charge in [-0.25, -0.2) is 0 Å². The Hall–Kier alpha value is -2.67. The molecule has 24 heavy (non-hydrogen) atoms. The number of thioether (sulfide) groups is 1. The summed E-state index contributed by atoms with van der Waals surface area (Å²) in [5.41, 5.74) is 3.11. The standard InChI is InChI=1S/C17H15N5OS/c1-10-5-6-11-9-14(24-13(11)8-10)16(23)20-17-19-15(21-22-17)12-4-2-3-7-18-12/h2-8,14H,9H2,1H3,(H2,19,20,21,22,23)/t14-/m1/s1. The highest BCUT2D eigenvalue weighted by molar-refractivity contribution is 8.01. The number of fused-ring (bicyclic) bond motifs is 1. The van der Waals surface area contributed by atoms with Crippen molar-refractivity contribution in [2.75, 3.05) is 5.32 Å². The number of aryl methyl sites for hydroxylation is 1. The summed E-state index contributed by atoms with van der Waals surface area (Å²) in [7, 11) is 0. The molecule has 1 aliphatic rings. The molecule has 3 heterocycles. The van der Waals surface area contributed by atoms with Crippen molar-refractivity contribution >= 4 is 23.6 Å². The van der Waals surface area contributed by atoms with Crippen molar-refractivity contribution in [1.29, 1.82) is 0 Å². The van der Waals surface area contributed by atoms with Gasteiger partial charge in [0, 0.05) is 11.1 Å². The molecule has 1 atom stereocenters. The Bertz CT molecular complexity index is 893. The molecule has 0 saturated heterocycles. The number of pyridine rings is 1. The molecule has 1 aromatic carbocycles. The monoisotopic (exact) mass is 337 g/mol. The maximum Gasteiger partial charge on any atom is 0.249 e. The van der Waals surface area contributed by atoms with E-state index >= 15 is 0 Å². The summed E-state index contributed by atoms with van der Waals surface area (Å²) in [4.78, 5) is 22.1. The van der Waals surface area contributed by atoms with Crippen LogP contribution in [-0.2, 0) is 11.2 Å². The lowest BCUT2D eigenvalue weighted by molar-refractivity contribution is -0.115. The molecule has 1 amide bonds. The van der Waals surface area contributed by atoms with Gasteiger partial charge >= 0.3 is 0 Å². The zero-order valence-electron chi connectivity index (χ0n) is 13.0. The molecule has 6 nitrogen and oxygen atoms in total. The van der Waals surface area contributed by atoms with Crippen LogP contribution in [0.1, 0.15) is 11.1 Å². The van der Waals surface area contributed by atoms with E-state index in [-0.39, 0.29) is 17.1 Å². The molecule has 0 radical (unpaired) electrons. The Morgan fingerprint density at radius 3 is 3.08 bits per heavy atom. The maximum absolute atomic E-state index is 12.5. The van der Waals surface area contributed by atoms with Crippen LogP contribution in [0.5, 0.6) is 0 Å². The van der Waals surface area contributed by atoms with Crippen molar-refractivity contribution in [2.24, 2.45) is 0 Å². The summed E-state index contributed by atoms with van der Waals surface area (Å²) in [5.74, 6) is 0.720. The van der Waals surface area contributed by atoms with Crippen LogP contribution < -0.4 is 5.32 Å². The Balaban J connectivity index is 1.45. The van der Waals surface area contributed by atoms with E-state index in [0.717, 1.165) is 6.42 Å². The van der Waals surface area contributed by atoms with Gasteiger partial charge in [-0.05, 0) is 37.1 Å². The van der Waals surface area contributed by atoms with Crippen LogP contribution in [0.4, 0.5) is 5.95 Å². The molecule has 2 aromatic heterocycles. The molecule has 0 fully saturated rings. The van der Waals surface area contributed by atoms with Gasteiger partial charge in [-0.3, -0.25) is 20.2 Å². The lowest BCUT2D eigenvalue weighted by Gasteiger charge is -2.06. The van der Waals surface area contributed by atoms with Gasteiger partial charge in [0.25, 0.3) is 0 Å². The van der Waals surface area contributed by atoms with Crippen LogP contribution in [0.25, 0.3) is 11.5 Å². The Morgan fingerprint density at radius 1 is 1.33 bits per heavy atom. The van der Waals surface area contributed by atoms with E-state index < -0.39 is 0 Å². The lowest BCUT2D eigenvalue weighted by Crippen LogP contribution is -2.25. The quantitative estimate of drug-likeness (QED) is 0.768. The van der Waals surface area contributed by atoms with Crippen molar-refractivity contribution in [3.8, 4) is 11.5 Å². The van der Waals surface area contributed by atoms with Gasteiger partial charge in [0.05, 0.1) is 5.25 Å². The SMILES string of the molecule is Cc1ccc2c(c1)S[C@@H](C(=O)Nc1n[nH]c(-c3ccccn3)n1)C2. The molecule has 0 bridgehead atoms. The first-order chi connectivity index (χ1) is 11.7. The molecule has 0 saturated carbocycles. The Kier molecular flexibility index (Phi) is 3.78. The van der Waals surface area contributed by atoms with Gasteiger partial charge in [-0.1, -0.05) is 23.8 Å². The number of H-pyrrole nitrogens is 1. The van der Waals surface area contributed by atoms with E-state index in [1.807, 2.05) is 18.2 Å². The average Bonchev–Trinajstić information content (AvgIpc) is 3.22. The second kappa shape index (κ2) is 6.09. The summed E-state index contributed by atoms with van der Waals surface area (Å²) >= 11 is 1.59. The van der Waals surface area contributed by atoms with Gasteiger partial charge in [-0.15, -0.1) is 16.9 Å². The topological polar surface area (TPSA) is 83.6 Å². The number of amides is 1. The van der Waals surface area contributed by atoms with Crippen molar-refractivity contribution in [2.45, 2.75) is 23.5 Å². The number of nitrogens with zero attached hydrogens (tertiary/aromatic N) is 3. The summed E-state index contributed by atoms with van der Waals surface area (Å²) in [5, 5.41) is 9.48. The number of aromatic amines is 1. The number of aromatic nitrogens is 4. The highest BCUT2D eigenvalue weighted by Crippen LogP contribution is 2.37. The molecule has 2 N–H and O–H groups in total. The van der Waals surface area contributed by atoms with Gasteiger partial charge in [0.15, 0.2) is 5.82 Å². The lowest BCUT2D eigenvalue weighted by atomic mass is 10.1. The van der Waals surface area contributed by atoms with Crippen LogP contribution in [0, 0.1) is 6.92 Å². The molecule has 0 spiro atoms. The molecular weight excluding hydrogens is 322 g/mol. The van der Waals surface area contributed by atoms with Gasteiger partial charge in [0.1, 0.15) is 5.69 Å². The number of carbonyl (C=O) groups is 1. The summed E-state index contributed by atoms with van der Waals surface area (Å²) in [6, 6.07) is 11.8. The fourth-order valence-electron chi connectivity index (χ4n) is 2.61. The summed E-state index contributed by atoms with van der Waals surface area (Å²) in [6.07, 6.45) is 2.41. The van der Waals surface area contributed by atoms with Crippen LogP contribution >= 0.6 is 11.8 Å². The molecular formula is C17H15N5OS. The Labute approximate surface area is 143 Å². The largest absolute Gasteiger partial charge is 0.292 e. The number of hydrogen-bond donors (Lipinski definition) is 2. The summed E-state index contributed by atoms with van der Waals surface area (Å²) in [6.45, 7) is 2.06. The predicted octanol–water partition coefficient (Wildman–Crippen LogP) is 2.83. The van der Waals surface area contributed by atoms with Gasteiger partial charge in [0.2, 0.25) is 11.9 Å². The van der Waals surface area contributed by atoms with Crippen LogP contribution in [0.3, 0.4) is 0 Å². The third-order valence-corrected chi connectivity index (χ3v) is 5.12. The van der Waals surface area contributed by atoms with Gasteiger partial charge < -0.3 is 0 Å². The van der Waals surface area contributed by atoms with Crippen molar-refractivity contribution in [1.82, 2.24) is 20.2 Å². The highest BCUT2D eigenvalue weighted by Gasteiger charge is 2.29. The Morgan fingerprint density at radius 2 is 2.25 bits per heavy atom. The first-order valence-corrected chi connectivity index (χ1v) is 8.48. The van der Waals surface area contributed by atoms with Crippen molar-refractivity contribution in [3.05, 3.63) is 53.7 Å². The number of rotatable bonds is 3. The third kappa shape index (κ3) is 2.90. The fraction of sp³-hybridized carbons (Fsp3) is 0.176. The minimum Gasteiger partial charge on any atom is -0.292 e. The third-order valence-electron chi connectivity index (χ3n) is 3.82. The smallest absolute Gasteiger partial charge is 0.249 e. The summed E-state index contributed by atoms with van der Waals surface area (Å²) < 4.78 is 0. The molecule has 0 unspecified atom stereocenters. The van der Waals surface area contributed by atoms with Crippen LogP contribution in [0.15, 0.2) is 47.5 Å². The van der Waals surface area contributed by atoms with Crippen molar-refractivity contribution in [3.63, 3.8) is 0 Å². The molecule has 3 aromatic rings. The van der Waals surface area contributed by atoms with E-state index in [0.29, 0.717) is 11.5 Å². The zero-order valence-corrected chi connectivity index (χ0v) is 13.8. The zero-order chi connectivity index (χ0) is 16.5. The highest BCUT2D eigenvalue weighted by atomic mass is 32.2. The van der Waals surface area contributed by atoms with Gasteiger partial charge in [-0.2, -0.15) is 4.98 Å². The number of anilines is 1. The normalized spacial score (nSPS) is 16.0. The number of benzene rings is 1. The van der Waals surface area contributed by atoms with E-state index in [4.69, 9.17) is 0 Å². The number of hydrogen-bond acceptors (Lipinski definition) is 5. The molecule has 1 aliphatic heterocycles. The predicted molar refractivity (Wildman–Crippen MR) is 92.8 cm³/mol. The first kappa shape index (κ1) is 14.9. The van der Waals surface area contributed by atoms with Crippen LogP contribution in [0.2, 0.25) is 0 Å². The van der Waals surface area contributed by atoms with Crippen molar-refractivity contribution < 1.29 is 4.79 Å². The molecule has 0 aliphatic carbocycles. The van der Waals surface area contributed by atoms with E-state index in [9.17, 15) is 4.79 Å².